The zero-order valence-electron chi connectivity index (χ0n) is 15.5. The number of hydrogen-bond acceptors (Lipinski definition) is 4. The summed E-state index contributed by atoms with van der Waals surface area (Å²) in [5, 5.41) is 10.7. The van der Waals surface area contributed by atoms with Gasteiger partial charge in [-0.1, -0.05) is 39.1 Å². The molecule has 3 aromatic rings. The van der Waals surface area contributed by atoms with Gasteiger partial charge in [-0.25, -0.2) is 4.79 Å². The highest BCUT2D eigenvalue weighted by Crippen LogP contribution is 2.28. The number of Topliss-reactive ketones (excluding diaryl/α,β-unsaturated/α-hetero) is 1. The van der Waals surface area contributed by atoms with Gasteiger partial charge in [0.2, 0.25) is 5.78 Å². The molecule has 2 aromatic carbocycles. The molecule has 1 N–H and O–H groups in total. The average Bonchev–Trinajstić information content (AvgIpc) is 2.98. The van der Waals surface area contributed by atoms with Gasteiger partial charge in [-0.3, -0.25) is 4.79 Å². The van der Waals surface area contributed by atoms with Crippen LogP contribution in [-0.2, 0) is 4.74 Å². The van der Waals surface area contributed by atoms with Crippen LogP contribution >= 0.6 is 39.1 Å². The third-order valence-corrected chi connectivity index (χ3v) is 5.64. The second kappa shape index (κ2) is 8.61. The Labute approximate surface area is 185 Å². The molecule has 0 aliphatic rings. The van der Waals surface area contributed by atoms with E-state index in [9.17, 15) is 14.7 Å². The molecule has 0 spiro atoms. The number of halogens is 3. The molecule has 0 saturated heterocycles. The van der Waals surface area contributed by atoms with E-state index in [-0.39, 0.29) is 17.1 Å². The van der Waals surface area contributed by atoms with Gasteiger partial charge in [0.1, 0.15) is 11.3 Å². The second-order valence-corrected chi connectivity index (χ2v) is 8.11. The van der Waals surface area contributed by atoms with Crippen molar-refractivity contribution >= 4 is 50.9 Å². The van der Waals surface area contributed by atoms with E-state index in [2.05, 4.69) is 15.9 Å². The molecule has 8 heteroatoms. The number of phenolic OH excluding ortho intramolecular Hbond substituents is 1. The summed E-state index contributed by atoms with van der Waals surface area (Å²) in [6, 6.07) is 11.3. The van der Waals surface area contributed by atoms with Crippen molar-refractivity contribution in [3.8, 4) is 11.4 Å². The number of hydrogen-bond donors (Lipinski definition) is 1. The van der Waals surface area contributed by atoms with Crippen molar-refractivity contribution in [2.24, 2.45) is 0 Å². The van der Waals surface area contributed by atoms with Gasteiger partial charge >= 0.3 is 5.97 Å². The molecule has 0 amide bonds. The number of carbonyl (C=O) groups excluding carboxylic acids is 2. The van der Waals surface area contributed by atoms with Crippen molar-refractivity contribution in [2.75, 3.05) is 6.61 Å². The normalized spacial score (nSPS) is 10.8. The first-order valence-electron chi connectivity index (χ1n) is 8.52. The van der Waals surface area contributed by atoms with Crippen molar-refractivity contribution in [2.45, 2.75) is 13.8 Å². The van der Waals surface area contributed by atoms with Gasteiger partial charge in [-0.15, -0.1) is 0 Å². The Morgan fingerprint density at radius 3 is 2.45 bits per heavy atom. The Balaban J connectivity index is 1.80. The number of ether oxygens (including phenoxy) is 1. The molecule has 0 saturated carbocycles. The Morgan fingerprint density at radius 1 is 1.03 bits per heavy atom. The first kappa shape index (κ1) is 21.4. The van der Waals surface area contributed by atoms with E-state index >= 15 is 0 Å². The van der Waals surface area contributed by atoms with Gasteiger partial charge < -0.3 is 14.4 Å². The van der Waals surface area contributed by atoms with E-state index in [0.29, 0.717) is 25.8 Å². The first-order valence-corrected chi connectivity index (χ1v) is 10.1. The molecule has 29 heavy (non-hydrogen) atoms. The minimum Gasteiger partial charge on any atom is -0.507 e. The molecular formula is C21H16BrCl2NO4. The molecule has 0 radical (unpaired) electrons. The SMILES string of the molecule is Cc1cc(C(=O)COC(=O)c2cc(Br)ccc2O)c(C)n1-c1ccc(Cl)c(Cl)c1. The first-order chi connectivity index (χ1) is 13.7. The smallest absolute Gasteiger partial charge is 0.342 e. The van der Waals surface area contributed by atoms with Crippen molar-refractivity contribution in [1.82, 2.24) is 4.57 Å². The molecule has 1 heterocycles. The van der Waals surface area contributed by atoms with Crippen LogP contribution in [-0.4, -0.2) is 28.0 Å². The molecule has 150 valence electrons. The van der Waals surface area contributed by atoms with Gasteiger partial charge in [0, 0.05) is 27.1 Å². The average molecular weight is 497 g/mol. The van der Waals surface area contributed by atoms with Gasteiger partial charge in [-0.2, -0.15) is 0 Å². The van der Waals surface area contributed by atoms with E-state index in [0.717, 1.165) is 11.4 Å². The lowest BCUT2D eigenvalue weighted by Gasteiger charge is -2.11. The molecule has 0 bridgehead atoms. The summed E-state index contributed by atoms with van der Waals surface area (Å²) in [4.78, 5) is 24.9. The Kier molecular flexibility index (Phi) is 6.36. The van der Waals surface area contributed by atoms with Crippen LogP contribution in [0.25, 0.3) is 5.69 Å². The zero-order chi connectivity index (χ0) is 21.3. The number of nitrogens with zero attached hydrogens (tertiary/aromatic N) is 1. The van der Waals surface area contributed by atoms with Crippen molar-refractivity contribution in [1.29, 1.82) is 0 Å². The molecule has 0 atom stereocenters. The number of carbonyl (C=O) groups is 2. The Bertz CT molecular complexity index is 1120. The predicted octanol–water partition coefficient (Wildman–Crippen LogP) is 5.91. The van der Waals surface area contributed by atoms with E-state index in [1.165, 1.54) is 12.1 Å². The van der Waals surface area contributed by atoms with E-state index < -0.39 is 12.6 Å². The number of benzene rings is 2. The maximum atomic E-state index is 12.7. The van der Waals surface area contributed by atoms with E-state index in [1.54, 1.807) is 37.3 Å². The lowest BCUT2D eigenvalue weighted by Crippen LogP contribution is -2.15. The monoisotopic (exact) mass is 495 g/mol. The fourth-order valence-electron chi connectivity index (χ4n) is 3.02. The molecule has 0 aliphatic heterocycles. The van der Waals surface area contributed by atoms with Crippen LogP contribution in [0.2, 0.25) is 10.0 Å². The highest BCUT2D eigenvalue weighted by atomic mass is 79.9. The van der Waals surface area contributed by atoms with Crippen LogP contribution in [0, 0.1) is 13.8 Å². The number of aryl methyl sites for hydroxylation is 1. The third-order valence-electron chi connectivity index (χ3n) is 4.41. The molecule has 0 unspecified atom stereocenters. The van der Waals surface area contributed by atoms with Crippen LogP contribution in [0.4, 0.5) is 0 Å². The van der Waals surface area contributed by atoms with Gasteiger partial charge in [0.25, 0.3) is 0 Å². The van der Waals surface area contributed by atoms with Crippen LogP contribution < -0.4 is 0 Å². The van der Waals surface area contributed by atoms with E-state index in [4.69, 9.17) is 27.9 Å². The highest BCUT2D eigenvalue weighted by molar-refractivity contribution is 9.10. The fourth-order valence-corrected chi connectivity index (χ4v) is 3.68. The van der Waals surface area contributed by atoms with Crippen molar-refractivity contribution in [3.63, 3.8) is 0 Å². The Morgan fingerprint density at radius 2 is 1.76 bits per heavy atom. The quantitative estimate of drug-likeness (QED) is 0.352. The minimum absolute atomic E-state index is 0.0200. The molecule has 0 aliphatic carbocycles. The number of aromatic hydroxyl groups is 1. The standard InChI is InChI=1S/C21H16BrCl2NO4/c1-11-7-15(12(2)25(11)14-4-5-17(23)18(24)9-14)20(27)10-29-21(28)16-8-13(22)3-6-19(16)26/h3-9,26H,10H2,1-2H3. The second-order valence-electron chi connectivity index (χ2n) is 6.38. The summed E-state index contributed by atoms with van der Waals surface area (Å²) in [6.45, 7) is 3.21. The largest absolute Gasteiger partial charge is 0.507 e. The van der Waals surface area contributed by atoms with Gasteiger partial charge in [0.05, 0.1) is 10.0 Å². The summed E-state index contributed by atoms with van der Waals surface area (Å²) in [6.07, 6.45) is 0. The maximum Gasteiger partial charge on any atom is 0.342 e. The maximum absolute atomic E-state index is 12.7. The number of ketones is 1. The molecule has 0 fully saturated rings. The molecule has 1 aromatic heterocycles. The van der Waals surface area contributed by atoms with Crippen molar-refractivity contribution in [3.05, 3.63) is 79.5 Å². The van der Waals surface area contributed by atoms with Crippen LogP contribution in [0.3, 0.4) is 0 Å². The van der Waals surface area contributed by atoms with E-state index in [1.807, 2.05) is 11.5 Å². The van der Waals surface area contributed by atoms with Crippen molar-refractivity contribution < 1.29 is 19.4 Å². The van der Waals surface area contributed by atoms with Crippen LogP contribution in [0.15, 0.2) is 46.9 Å². The fraction of sp³-hybridized carbons (Fsp3) is 0.143. The summed E-state index contributed by atoms with van der Waals surface area (Å²) in [7, 11) is 0. The highest BCUT2D eigenvalue weighted by Gasteiger charge is 2.20. The summed E-state index contributed by atoms with van der Waals surface area (Å²) < 4.78 is 7.59. The lowest BCUT2D eigenvalue weighted by atomic mass is 10.1. The summed E-state index contributed by atoms with van der Waals surface area (Å²) in [5.41, 5.74) is 2.69. The Hall–Kier alpha value is -2.28. The third kappa shape index (κ3) is 4.50. The lowest BCUT2D eigenvalue weighted by molar-refractivity contribution is 0.0471. The molecular weight excluding hydrogens is 481 g/mol. The van der Waals surface area contributed by atoms with Gasteiger partial charge in [-0.05, 0) is 56.3 Å². The number of aromatic nitrogens is 1. The molecule has 3 rings (SSSR count). The molecule has 5 nitrogen and oxygen atoms in total. The number of rotatable bonds is 5. The van der Waals surface area contributed by atoms with Crippen LogP contribution in [0.1, 0.15) is 32.1 Å². The van der Waals surface area contributed by atoms with Crippen LogP contribution in [0.5, 0.6) is 5.75 Å². The number of esters is 1. The summed E-state index contributed by atoms with van der Waals surface area (Å²) in [5.74, 6) is -1.36. The predicted molar refractivity (Wildman–Crippen MR) is 116 cm³/mol. The minimum atomic E-state index is -0.782. The number of phenols is 1. The topological polar surface area (TPSA) is 68.5 Å². The zero-order valence-corrected chi connectivity index (χ0v) is 18.6. The van der Waals surface area contributed by atoms with Gasteiger partial charge in [0.15, 0.2) is 6.61 Å². The summed E-state index contributed by atoms with van der Waals surface area (Å²) >= 11 is 15.3.